The molecule has 7 nitrogen and oxygen atoms in total. The molecule has 0 aliphatic heterocycles. The van der Waals surface area contributed by atoms with Crippen LogP contribution in [0.2, 0.25) is 25.7 Å². The number of rotatable bonds is 9. The highest BCUT2D eigenvalue weighted by Crippen LogP contribution is 2.36. The molecular formula is C20H34N2O5SSi. The highest BCUT2D eigenvalue weighted by molar-refractivity contribution is 7.85. The topological polar surface area (TPSA) is 90.7 Å². The van der Waals surface area contributed by atoms with Crippen molar-refractivity contribution >= 4 is 29.2 Å². The molecule has 0 saturated carbocycles. The standard InChI is InChI=1S/C20H34N2O5SSi/c1-20(2,3)19(23)15-9-8-10-16-18(15)21-17(13-27-28(4,24)25)22(16)14-26-11-12-29(5,6)7/h8-10,19,23H,11-14H2,1-7H3. The molecule has 1 atom stereocenters. The molecule has 0 spiro atoms. The zero-order chi connectivity index (χ0) is 22.0. The molecule has 0 radical (unpaired) electrons. The fourth-order valence-corrected chi connectivity index (χ4v) is 3.93. The highest BCUT2D eigenvalue weighted by atomic mass is 32.2. The molecule has 29 heavy (non-hydrogen) atoms. The Morgan fingerprint density at radius 1 is 1.24 bits per heavy atom. The van der Waals surface area contributed by atoms with Gasteiger partial charge in [0.15, 0.2) is 0 Å². The Morgan fingerprint density at radius 3 is 2.45 bits per heavy atom. The van der Waals surface area contributed by atoms with Crippen LogP contribution in [0.15, 0.2) is 18.2 Å². The molecule has 1 N–H and O–H groups in total. The Morgan fingerprint density at radius 2 is 1.90 bits per heavy atom. The molecule has 2 aromatic rings. The number of para-hydroxylation sites is 1. The van der Waals surface area contributed by atoms with E-state index in [0.717, 1.165) is 17.8 Å². The van der Waals surface area contributed by atoms with E-state index < -0.39 is 24.3 Å². The van der Waals surface area contributed by atoms with Crippen molar-refractivity contribution in [3.05, 3.63) is 29.6 Å². The summed E-state index contributed by atoms with van der Waals surface area (Å²) in [7, 11) is -4.83. The number of hydrogen-bond donors (Lipinski definition) is 1. The second-order valence-corrected chi connectivity index (χ2v) is 17.0. The van der Waals surface area contributed by atoms with E-state index in [1.54, 1.807) is 0 Å². The number of aliphatic hydroxyl groups is 1. The normalized spacial score (nSPS) is 14.5. The van der Waals surface area contributed by atoms with Crippen LogP contribution in [-0.2, 0) is 32.4 Å². The second-order valence-electron chi connectivity index (χ2n) is 9.75. The Kier molecular flexibility index (Phi) is 7.33. The first-order chi connectivity index (χ1) is 13.2. The fourth-order valence-electron chi connectivity index (χ4n) is 2.85. The van der Waals surface area contributed by atoms with Gasteiger partial charge in [-0.3, -0.25) is 4.18 Å². The molecule has 1 aromatic carbocycles. The van der Waals surface area contributed by atoms with Crippen LogP contribution < -0.4 is 0 Å². The molecule has 164 valence electrons. The Hall–Kier alpha value is -1.26. The van der Waals surface area contributed by atoms with Gasteiger partial charge in [-0.1, -0.05) is 52.5 Å². The van der Waals surface area contributed by atoms with Crippen LogP contribution in [-0.4, -0.2) is 44.0 Å². The lowest BCUT2D eigenvalue weighted by atomic mass is 9.84. The summed E-state index contributed by atoms with van der Waals surface area (Å²) in [5.41, 5.74) is 1.76. The average molecular weight is 443 g/mol. The van der Waals surface area contributed by atoms with Gasteiger partial charge < -0.3 is 14.4 Å². The second kappa shape index (κ2) is 8.85. The first kappa shape index (κ1) is 24.0. The molecule has 1 heterocycles. The van der Waals surface area contributed by atoms with Gasteiger partial charge >= 0.3 is 0 Å². The minimum Gasteiger partial charge on any atom is -0.388 e. The lowest BCUT2D eigenvalue weighted by molar-refractivity contribution is 0.0638. The molecule has 0 amide bonds. The maximum Gasteiger partial charge on any atom is 0.264 e. The molecule has 9 heteroatoms. The van der Waals surface area contributed by atoms with Gasteiger partial charge in [0, 0.05) is 20.2 Å². The maximum atomic E-state index is 11.5. The van der Waals surface area contributed by atoms with Crippen LogP contribution in [0.4, 0.5) is 0 Å². The Balaban J connectivity index is 2.42. The number of nitrogens with zero attached hydrogens (tertiary/aromatic N) is 2. The Bertz CT molecular complexity index is 942. The molecule has 0 bridgehead atoms. The lowest BCUT2D eigenvalue weighted by Crippen LogP contribution is -2.22. The summed E-state index contributed by atoms with van der Waals surface area (Å²) in [5, 5.41) is 10.8. The van der Waals surface area contributed by atoms with E-state index >= 15 is 0 Å². The SMILES string of the molecule is CC(C)(C)C(O)c1cccc2c1nc(COS(C)(=O)=O)n2COCC[Si](C)(C)C. The van der Waals surface area contributed by atoms with Crippen molar-refractivity contribution in [2.45, 2.75) is 65.9 Å². The molecule has 1 aromatic heterocycles. The zero-order valence-corrected chi connectivity index (χ0v) is 20.3. The molecule has 0 aliphatic rings. The largest absolute Gasteiger partial charge is 0.388 e. The summed E-state index contributed by atoms with van der Waals surface area (Å²) < 4.78 is 35.7. The maximum absolute atomic E-state index is 11.5. The summed E-state index contributed by atoms with van der Waals surface area (Å²) in [6, 6.07) is 6.65. The number of benzene rings is 1. The van der Waals surface area contributed by atoms with Crippen molar-refractivity contribution in [3.8, 4) is 0 Å². The number of aliphatic hydroxyl groups excluding tert-OH is 1. The van der Waals surface area contributed by atoms with E-state index in [4.69, 9.17) is 8.92 Å². The number of aromatic nitrogens is 2. The highest BCUT2D eigenvalue weighted by Gasteiger charge is 2.27. The Labute approximate surface area is 175 Å². The van der Waals surface area contributed by atoms with Crippen LogP contribution in [0, 0.1) is 5.41 Å². The van der Waals surface area contributed by atoms with Crippen molar-refractivity contribution in [1.29, 1.82) is 0 Å². The van der Waals surface area contributed by atoms with E-state index in [0.29, 0.717) is 23.5 Å². The summed E-state index contributed by atoms with van der Waals surface area (Å²) in [5.74, 6) is 0.451. The van der Waals surface area contributed by atoms with Gasteiger partial charge in [0.1, 0.15) is 19.2 Å². The van der Waals surface area contributed by atoms with Gasteiger partial charge in [-0.15, -0.1) is 0 Å². The van der Waals surface area contributed by atoms with E-state index in [9.17, 15) is 13.5 Å². The van der Waals surface area contributed by atoms with Crippen molar-refractivity contribution in [3.63, 3.8) is 0 Å². The van der Waals surface area contributed by atoms with Gasteiger partial charge in [0.25, 0.3) is 10.1 Å². The molecule has 0 aliphatic carbocycles. The van der Waals surface area contributed by atoms with E-state index in [1.165, 1.54) is 0 Å². The zero-order valence-electron chi connectivity index (χ0n) is 18.5. The predicted molar refractivity (Wildman–Crippen MR) is 118 cm³/mol. The van der Waals surface area contributed by atoms with E-state index in [-0.39, 0.29) is 18.8 Å². The van der Waals surface area contributed by atoms with Crippen LogP contribution in [0.1, 0.15) is 38.3 Å². The summed E-state index contributed by atoms with van der Waals surface area (Å²) in [4.78, 5) is 4.62. The lowest BCUT2D eigenvalue weighted by Gasteiger charge is -2.26. The van der Waals surface area contributed by atoms with E-state index in [1.807, 2.05) is 43.5 Å². The first-order valence-electron chi connectivity index (χ1n) is 9.77. The fraction of sp³-hybridized carbons (Fsp3) is 0.650. The number of ether oxygens (including phenoxy) is 1. The third-order valence-corrected chi connectivity index (χ3v) is 6.87. The number of imidazole rings is 1. The third-order valence-electron chi connectivity index (χ3n) is 4.62. The smallest absolute Gasteiger partial charge is 0.264 e. The summed E-state index contributed by atoms with van der Waals surface area (Å²) >= 11 is 0. The number of hydrogen-bond acceptors (Lipinski definition) is 6. The minimum absolute atomic E-state index is 0.185. The predicted octanol–water partition coefficient (Wildman–Crippen LogP) is 3.90. The van der Waals surface area contributed by atoms with Crippen LogP contribution in [0.5, 0.6) is 0 Å². The van der Waals surface area contributed by atoms with Crippen LogP contribution >= 0.6 is 0 Å². The molecule has 0 fully saturated rings. The van der Waals surface area contributed by atoms with Crippen molar-refractivity contribution in [2.75, 3.05) is 12.9 Å². The van der Waals surface area contributed by atoms with E-state index in [2.05, 4.69) is 24.6 Å². The summed E-state index contributed by atoms with van der Waals surface area (Å²) in [6.45, 7) is 13.4. The van der Waals surface area contributed by atoms with Crippen molar-refractivity contribution in [1.82, 2.24) is 9.55 Å². The minimum atomic E-state index is -3.61. The molecular weight excluding hydrogens is 408 g/mol. The monoisotopic (exact) mass is 442 g/mol. The van der Waals surface area contributed by atoms with Gasteiger partial charge in [-0.2, -0.15) is 8.42 Å². The van der Waals surface area contributed by atoms with Gasteiger partial charge in [0.05, 0.1) is 23.4 Å². The summed E-state index contributed by atoms with van der Waals surface area (Å²) in [6.07, 6.45) is 0.297. The van der Waals surface area contributed by atoms with Gasteiger partial charge in [-0.25, -0.2) is 4.98 Å². The quantitative estimate of drug-likeness (QED) is 0.360. The average Bonchev–Trinajstić information content (AvgIpc) is 2.91. The van der Waals surface area contributed by atoms with Crippen molar-refractivity contribution < 1.29 is 22.4 Å². The van der Waals surface area contributed by atoms with Crippen LogP contribution in [0.3, 0.4) is 0 Å². The third kappa shape index (κ3) is 6.89. The first-order valence-corrected chi connectivity index (χ1v) is 15.3. The van der Waals surface area contributed by atoms with Crippen LogP contribution in [0.25, 0.3) is 11.0 Å². The van der Waals surface area contributed by atoms with Crippen molar-refractivity contribution in [2.24, 2.45) is 5.41 Å². The molecule has 2 rings (SSSR count). The number of fused-ring (bicyclic) bond motifs is 1. The molecule has 1 unspecified atom stereocenters. The van der Waals surface area contributed by atoms with Gasteiger partial charge in [0.2, 0.25) is 0 Å². The molecule has 0 saturated heterocycles. The van der Waals surface area contributed by atoms with Gasteiger partial charge in [-0.05, 0) is 17.5 Å².